The minimum Gasteiger partial charge on any atom is -0.375 e. The number of rotatable bonds is 4. The topological polar surface area (TPSA) is 54.5 Å². The Kier molecular flexibility index (Phi) is 4.66. The Balaban J connectivity index is 1.81. The first-order valence-electron chi connectivity index (χ1n) is 6.21. The van der Waals surface area contributed by atoms with Gasteiger partial charge in [0.1, 0.15) is 0 Å². The summed E-state index contributed by atoms with van der Waals surface area (Å²) in [5.41, 5.74) is 1.09. The fraction of sp³-hybridized carbons (Fsp3) is 0.538. The van der Waals surface area contributed by atoms with Crippen molar-refractivity contribution in [2.75, 3.05) is 26.7 Å². The smallest absolute Gasteiger partial charge is 0.225 e. The Bertz CT molecular complexity index is 377. The number of morpholine rings is 1. The fourth-order valence-corrected chi connectivity index (χ4v) is 1.95. The van der Waals surface area contributed by atoms with Crippen molar-refractivity contribution in [1.82, 2.24) is 15.2 Å². The molecule has 0 saturated carbocycles. The highest BCUT2D eigenvalue weighted by atomic mass is 16.5. The summed E-state index contributed by atoms with van der Waals surface area (Å²) in [7, 11) is 1.82. The minimum atomic E-state index is 0.00569. The van der Waals surface area contributed by atoms with Crippen LogP contribution < -0.4 is 5.32 Å². The number of carbonyl (C=O) groups excluding carboxylic acids is 1. The van der Waals surface area contributed by atoms with Gasteiger partial charge in [-0.1, -0.05) is 0 Å². The van der Waals surface area contributed by atoms with Gasteiger partial charge in [0.25, 0.3) is 0 Å². The average molecular weight is 249 g/mol. The molecule has 2 heterocycles. The Labute approximate surface area is 107 Å². The zero-order valence-corrected chi connectivity index (χ0v) is 10.6. The zero-order valence-electron chi connectivity index (χ0n) is 10.6. The predicted molar refractivity (Wildman–Crippen MR) is 67.9 cm³/mol. The Morgan fingerprint density at radius 2 is 2.33 bits per heavy atom. The molecule has 1 amide bonds. The van der Waals surface area contributed by atoms with Gasteiger partial charge in [0.15, 0.2) is 0 Å². The van der Waals surface area contributed by atoms with Crippen LogP contribution in [0.15, 0.2) is 24.5 Å². The van der Waals surface area contributed by atoms with Crippen molar-refractivity contribution in [3.8, 4) is 0 Å². The van der Waals surface area contributed by atoms with Crippen molar-refractivity contribution >= 4 is 5.91 Å². The standard InChI is InChI=1S/C13H19N3O2/c1-16(10-11-2-4-14-5-3-11)13(17)8-12-9-15-6-7-18-12/h2-5,12,15H,6-10H2,1H3. The van der Waals surface area contributed by atoms with E-state index in [0.717, 1.165) is 18.7 Å². The molecule has 1 N–H and O–H groups in total. The number of amides is 1. The minimum absolute atomic E-state index is 0.00569. The van der Waals surface area contributed by atoms with Crippen molar-refractivity contribution < 1.29 is 9.53 Å². The third kappa shape index (κ3) is 3.78. The van der Waals surface area contributed by atoms with E-state index in [0.29, 0.717) is 19.6 Å². The summed E-state index contributed by atoms with van der Waals surface area (Å²) >= 11 is 0. The Morgan fingerprint density at radius 3 is 3.00 bits per heavy atom. The van der Waals surface area contributed by atoms with Gasteiger partial charge in [0, 0.05) is 39.1 Å². The second-order valence-corrected chi connectivity index (χ2v) is 4.51. The molecule has 5 nitrogen and oxygen atoms in total. The number of pyridine rings is 1. The van der Waals surface area contributed by atoms with E-state index in [-0.39, 0.29) is 12.0 Å². The van der Waals surface area contributed by atoms with Gasteiger partial charge in [0.05, 0.1) is 19.1 Å². The molecule has 0 aliphatic carbocycles. The van der Waals surface area contributed by atoms with Gasteiger partial charge in [-0.3, -0.25) is 9.78 Å². The number of aromatic nitrogens is 1. The van der Waals surface area contributed by atoms with Crippen molar-refractivity contribution in [3.63, 3.8) is 0 Å². The molecule has 1 aliphatic rings. The van der Waals surface area contributed by atoms with E-state index in [1.54, 1.807) is 17.3 Å². The second kappa shape index (κ2) is 6.47. The molecule has 1 atom stereocenters. The lowest BCUT2D eigenvalue weighted by molar-refractivity contribution is -0.133. The highest BCUT2D eigenvalue weighted by Crippen LogP contribution is 2.07. The van der Waals surface area contributed by atoms with E-state index in [1.165, 1.54) is 0 Å². The maximum absolute atomic E-state index is 12.0. The second-order valence-electron chi connectivity index (χ2n) is 4.51. The SMILES string of the molecule is CN(Cc1ccncc1)C(=O)CC1CNCCO1. The monoisotopic (exact) mass is 249 g/mol. The van der Waals surface area contributed by atoms with Crippen LogP contribution in [0.5, 0.6) is 0 Å². The summed E-state index contributed by atoms with van der Waals surface area (Å²) in [6.07, 6.45) is 3.92. The van der Waals surface area contributed by atoms with Crippen molar-refractivity contribution in [2.24, 2.45) is 0 Å². The number of nitrogens with one attached hydrogen (secondary N) is 1. The number of hydrogen-bond donors (Lipinski definition) is 1. The van der Waals surface area contributed by atoms with Crippen molar-refractivity contribution in [3.05, 3.63) is 30.1 Å². The summed E-state index contributed by atoms with van der Waals surface area (Å²) in [6.45, 7) is 2.93. The predicted octanol–water partition coefficient (Wildman–Crippen LogP) is 0.418. The van der Waals surface area contributed by atoms with Crippen LogP contribution in [0.2, 0.25) is 0 Å². The summed E-state index contributed by atoms with van der Waals surface area (Å²) in [4.78, 5) is 17.7. The third-order valence-electron chi connectivity index (χ3n) is 3.00. The van der Waals surface area contributed by atoms with Gasteiger partial charge in [-0.2, -0.15) is 0 Å². The maximum atomic E-state index is 12.0. The van der Waals surface area contributed by atoms with E-state index in [2.05, 4.69) is 10.3 Å². The molecule has 98 valence electrons. The number of hydrogen-bond acceptors (Lipinski definition) is 4. The molecule has 1 aromatic heterocycles. The average Bonchev–Trinajstić information content (AvgIpc) is 2.41. The van der Waals surface area contributed by atoms with Gasteiger partial charge in [-0.05, 0) is 17.7 Å². The van der Waals surface area contributed by atoms with Gasteiger partial charge in [0.2, 0.25) is 5.91 Å². The molecule has 1 fully saturated rings. The molecular formula is C13H19N3O2. The molecule has 1 aliphatic heterocycles. The third-order valence-corrected chi connectivity index (χ3v) is 3.00. The van der Waals surface area contributed by atoms with Crippen LogP contribution in [0.4, 0.5) is 0 Å². The molecule has 2 rings (SSSR count). The van der Waals surface area contributed by atoms with E-state index < -0.39 is 0 Å². The van der Waals surface area contributed by atoms with E-state index >= 15 is 0 Å². The van der Waals surface area contributed by atoms with Crippen molar-refractivity contribution in [1.29, 1.82) is 0 Å². The summed E-state index contributed by atoms with van der Waals surface area (Å²) in [6, 6.07) is 3.84. The Hall–Kier alpha value is -1.46. The largest absolute Gasteiger partial charge is 0.375 e. The maximum Gasteiger partial charge on any atom is 0.225 e. The van der Waals surface area contributed by atoms with E-state index in [4.69, 9.17) is 4.74 Å². The normalized spacial score (nSPS) is 19.5. The van der Waals surface area contributed by atoms with Crippen LogP contribution in [-0.2, 0) is 16.1 Å². The van der Waals surface area contributed by atoms with Gasteiger partial charge in [-0.15, -0.1) is 0 Å². The van der Waals surface area contributed by atoms with Crippen molar-refractivity contribution in [2.45, 2.75) is 19.1 Å². The van der Waals surface area contributed by atoms with Gasteiger partial charge in [-0.25, -0.2) is 0 Å². The van der Waals surface area contributed by atoms with Gasteiger partial charge >= 0.3 is 0 Å². The van der Waals surface area contributed by atoms with Crippen LogP contribution in [0, 0.1) is 0 Å². The number of ether oxygens (including phenoxy) is 1. The first kappa shape index (κ1) is 13.0. The quantitative estimate of drug-likeness (QED) is 0.840. The molecule has 0 spiro atoms. The molecule has 0 radical (unpaired) electrons. The lowest BCUT2D eigenvalue weighted by atomic mass is 10.2. The molecule has 1 saturated heterocycles. The highest BCUT2D eigenvalue weighted by molar-refractivity contribution is 5.76. The zero-order chi connectivity index (χ0) is 12.8. The first-order chi connectivity index (χ1) is 8.75. The molecule has 5 heteroatoms. The first-order valence-corrected chi connectivity index (χ1v) is 6.21. The molecule has 0 bridgehead atoms. The molecule has 18 heavy (non-hydrogen) atoms. The number of nitrogens with zero attached hydrogens (tertiary/aromatic N) is 2. The summed E-state index contributed by atoms with van der Waals surface area (Å²) in [5.74, 6) is 0.112. The molecule has 1 unspecified atom stereocenters. The van der Waals surface area contributed by atoms with Crippen LogP contribution in [-0.4, -0.2) is 48.6 Å². The van der Waals surface area contributed by atoms with Crippen LogP contribution in [0.3, 0.4) is 0 Å². The molecular weight excluding hydrogens is 230 g/mol. The Morgan fingerprint density at radius 1 is 1.56 bits per heavy atom. The van der Waals surface area contributed by atoms with Crippen LogP contribution >= 0.6 is 0 Å². The highest BCUT2D eigenvalue weighted by Gasteiger charge is 2.19. The van der Waals surface area contributed by atoms with Crippen LogP contribution in [0.1, 0.15) is 12.0 Å². The molecule has 0 aromatic carbocycles. The van der Waals surface area contributed by atoms with Crippen LogP contribution in [0.25, 0.3) is 0 Å². The summed E-state index contributed by atoms with van der Waals surface area (Å²) in [5, 5.41) is 3.22. The van der Waals surface area contributed by atoms with E-state index in [1.807, 2.05) is 19.2 Å². The molecule has 1 aromatic rings. The number of carbonyl (C=O) groups is 1. The van der Waals surface area contributed by atoms with E-state index in [9.17, 15) is 4.79 Å². The summed E-state index contributed by atoms with van der Waals surface area (Å²) < 4.78 is 5.53. The lowest BCUT2D eigenvalue weighted by Gasteiger charge is -2.25. The van der Waals surface area contributed by atoms with Gasteiger partial charge < -0.3 is 15.0 Å². The fourth-order valence-electron chi connectivity index (χ4n) is 1.95. The lowest BCUT2D eigenvalue weighted by Crippen LogP contribution is -2.41.